The predicted octanol–water partition coefficient (Wildman–Crippen LogP) is -1.000. The standard InChI is InChI=1S/C6H9O7P/c7-3(8)1-6(12,5(10)11)2-4(9)13-14/h12H,1-2,14H2,(H,7,8)(H,10,11). The zero-order valence-corrected chi connectivity index (χ0v) is 8.12. The molecule has 0 saturated heterocycles. The second-order valence-corrected chi connectivity index (χ2v) is 2.81. The van der Waals surface area contributed by atoms with Crippen LogP contribution in [-0.4, -0.2) is 38.8 Å². The Bertz CT molecular complexity index is 263. The highest BCUT2D eigenvalue weighted by molar-refractivity contribution is 7.10. The van der Waals surface area contributed by atoms with Crippen molar-refractivity contribution in [3.8, 4) is 0 Å². The molecule has 0 rings (SSSR count). The van der Waals surface area contributed by atoms with Crippen molar-refractivity contribution in [2.75, 3.05) is 0 Å². The molecule has 0 amide bonds. The van der Waals surface area contributed by atoms with Gasteiger partial charge >= 0.3 is 17.9 Å². The van der Waals surface area contributed by atoms with E-state index in [2.05, 4.69) is 4.52 Å². The molecule has 2 unspecified atom stereocenters. The van der Waals surface area contributed by atoms with Crippen molar-refractivity contribution in [3.63, 3.8) is 0 Å². The Morgan fingerprint density at radius 3 is 2.00 bits per heavy atom. The second-order valence-electron chi connectivity index (χ2n) is 2.57. The van der Waals surface area contributed by atoms with Crippen molar-refractivity contribution < 1.29 is 34.2 Å². The molecule has 80 valence electrons. The van der Waals surface area contributed by atoms with Crippen LogP contribution in [0.2, 0.25) is 0 Å². The summed E-state index contributed by atoms with van der Waals surface area (Å²) < 4.78 is 4.04. The van der Waals surface area contributed by atoms with Crippen LogP contribution in [0.1, 0.15) is 12.8 Å². The van der Waals surface area contributed by atoms with Crippen LogP contribution in [0.3, 0.4) is 0 Å². The number of aliphatic carboxylic acids is 2. The molecule has 0 aliphatic rings. The van der Waals surface area contributed by atoms with Gasteiger partial charge in [-0.2, -0.15) is 0 Å². The minimum Gasteiger partial charge on any atom is -0.481 e. The van der Waals surface area contributed by atoms with Gasteiger partial charge in [-0.15, -0.1) is 0 Å². The lowest BCUT2D eigenvalue weighted by Crippen LogP contribution is -2.42. The maximum atomic E-state index is 10.7. The molecular formula is C6H9O7P. The largest absolute Gasteiger partial charge is 0.481 e. The summed E-state index contributed by atoms with van der Waals surface area (Å²) in [6.07, 6.45) is -1.99. The molecule has 0 saturated carbocycles. The van der Waals surface area contributed by atoms with Crippen molar-refractivity contribution >= 4 is 27.4 Å². The Morgan fingerprint density at radius 2 is 1.71 bits per heavy atom. The van der Waals surface area contributed by atoms with E-state index in [1.165, 1.54) is 0 Å². The summed E-state index contributed by atoms with van der Waals surface area (Å²) >= 11 is 0. The number of carboxylic acids is 2. The average molecular weight is 224 g/mol. The molecule has 0 bridgehead atoms. The van der Waals surface area contributed by atoms with Crippen LogP contribution >= 0.6 is 9.47 Å². The summed E-state index contributed by atoms with van der Waals surface area (Å²) in [4.78, 5) is 31.3. The van der Waals surface area contributed by atoms with Crippen molar-refractivity contribution in [3.05, 3.63) is 0 Å². The molecule has 0 heterocycles. The number of carbonyl (C=O) groups excluding carboxylic acids is 1. The zero-order chi connectivity index (χ0) is 11.4. The lowest BCUT2D eigenvalue weighted by Gasteiger charge is -2.19. The molecule has 0 aromatic carbocycles. The Hall–Kier alpha value is -1.20. The first-order valence-corrected chi connectivity index (χ1v) is 3.86. The maximum Gasteiger partial charge on any atom is 0.336 e. The molecule has 0 fully saturated rings. The van der Waals surface area contributed by atoms with Crippen LogP contribution in [0.25, 0.3) is 0 Å². The second kappa shape index (κ2) is 4.88. The lowest BCUT2D eigenvalue weighted by molar-refractivity contribution is -0.169. The van der Waals surface area contributed by atoms with Crippen LogP contribution in [0.5, 0.6) is 0 Å². The van der Waals surface area contributed by atoms with E-state index >= 15 is 0 Å². The third kappa shape index (κ3) is 3.68. The number of carboxylic acid groups (broad SMARTS) is 2. The molecule has 0 radical (unpaired) electrons. The van der Waals surface area contributed by atoms with Gasteiger partial charge < -0.3 is 19.8 Å². The Morgan fingerprint density at radius 1 is 1.21 bits per heavy atom. The smallest absolute Gasteiger partial charge is 0.336 e. The fourth-order valence-electron chi connectivity index (χ4n) is 0.744. The third-order valence-corrected chi connectivity index (χ3v) is 1.67. The molecular weight excluding hydrogens is 215 g/mol. The highest BCUT2D eigenvalue weighted by Gasteiger charge is 2.41. The summed E-state index contributed by atoms with van der Waals surface area (Å²) in [7, 11) is 1.57. The first-order chi connectivity index (χ1) is 6.31. The number of hydrogen-bond donors (Lipinski definition) is 3. The SMILES string of the molecule is O=C(O)CC(O)(CC(=O)OP)C(=O)O. The van der Waals surface area contributed by atoms with Gasteiger partial charge in [-0.05, 0) is 0 Å². The lowest BCUT2D eigenvalue weighted by atomic mass is 9.96. The third-order valence-electron chi connectivity index (χ3n) is 1.41. The normalized spacial score (nSPS) is 14.1. The number of carbonyl (C=O) groups is 3. The molecule has 2 atom stereocenters. The van der Waals surface area contributed by atoms with Crippen molar-refractivity contribution in [2.24, 2.45) is 0 Å². The van der Waals surface area contributed by atoms with Crippen LogP contribution < -0.4 is 0 Å². The average Bonchev–Trinajstić information content (AvgIpc) is 2.02. The number of hydrogen-bond acceptors (Lipinski definition) is 5. The van der Waals surface area contributed by atoms with Gasteiger partial charge in [0.05, 0.1) is 22.3 Å². The van der Waals surface area contributed by atoms with Gasteiger partial charge in [0.2, 0.25) is 0 Å². The van der Waals surface area contributed by atoms with Crippen LogP contribution in [0.4, 0.5) is 0 Å². The summed E-state index contributed by atoms with van der Waals surface area (Å²) in [5.41, 5.74) is -2.63. The highest BCUT2D eigenvalue weighted by atomic mass is 31.0. The Kier molecular flexibility index (Phi) is 4.46. The first-order valence-electron chi connectivity index (χ1n) is 3.39. The molecule has 14 heavy (non-hydrogen) atoms. The summed E-state index contributed by atoms with van der Waals surface area (Å²) in [5, 5.41) is 26.1. The molecule has 0 aromatic rings. The minimum atomic E-state index is -2.63. The van der Waals surface area contributed by atoms with Gasteiger partial charge in [0, 0.05) is 0 Å². The van der Waals surface area contributed by atoms with Crippen molar-refractivity contribution in [1.29, 1.82) is 0 Å². The molecule has 0 spiro atoms. The van der Waals surface area contributed by atoms with Gasteiger partial charge in [-0.25, -0.2) is 4.79 Å². The molecule has 7 nitrogen and oxygen atoms in total. The Labute approximate surface area is 81.0 Å². The van der Waals surface area contributed by atoms with Gasteiger partial charge in [0.25, 0.3) is 0 Å². The van der Waals surface area contributed by atoms with Gasteiger partial charge in [0.15, 0.2) is 5.60 Å². The van der Waals surface area contributed by atoms with Gasteiger partial charge in [0.1, 0.15) is 0 Å². The molecule has 8 heteroatoms. The fourth-order valence-corrected chi connectivity index (χ4v) is 0.828. The molecule has 0 aliphatic heterocycles. The topological polar surface area (TPSA) is 121 Å². The van der Waals surface area contributed by atoms with Crippen molar-refractivity contribution in [1.82, 2.24) is 0 Å². The Balaban J connectivity index is 4.63. The van der Waals surface area contributed by atoms with Crippen molar-refractivity contribution in [2.45, 2.75) is 18.4 Å². The van der Waals surface area contributed by atoms with Crippen LogP contribution in [0.15, 0.2) is 0 Å². The minimum absolute atomic E-state index is 0.919. The first kappa shape index (κ1) is 12.8. The van der Waals surface area contributed by atoms with Gasteiger partial charge in [-0.1, -0.05) is 0 Å². The summed E-state index contributed by atoms with van der Waals surface area (Å²) in [6, 6.07) is 0. The molecule has 3 N–H and O–H groups in total. The highest BCUT2D eigenvalue weighted by Crippen LogP contribution is 2.17. The van der Waals surface area contributed by atoms with E-state index in [0.717, 1.165) is 0 Å². The summed E-state index contributed by atoms with van der Waals surface area (Å²) in [5.74, 6) is -4.33. The fraction of sp³-hybridized carbons (Fsp3) is 0.500. The van der Waals surface area contributed by atoms with E-state index in [1.807, 2.05) is 0 Å². The quantitative estimate of drug-likeness (QED) is 0.512. The van der Waals surface area contributed by atoms with Gasteiger partial charge in [-0.3, -0.25) is 9.59 Å². The number of aliphatic hydroxyl groups is 1. The van der Waals surface area contributed by atoms with E-state index in [-0.39, 0.29) is 0 Å². The molecule has 0 aliphatic carbocycles. The van der Waals surface area contributed by atoms with Crippen LogP contribution in [0, 0.1) is 0 Å². The maximum absolute atomic E-state index is 10.7. The van der Waals surface area contributed by atoms with E-state index < -0.39 is 36.4 Å². The number of rotatable bonds is 5. The monoisotopic (exact) mass is 224 g/mol. The van der Waals surface area contributed by atoms with Crippen LogP contribution in [-0.2, 0) is 18.9 Å². The van der Waals surface area contributed by atoms with E-state index in [0.29, 0.717) is 0 Å². The predicted molar refractivity (Wildman–Crippen MR) is 45.3 cm³/mol. The molecule has 0 aromatic heterocycles. The van der Waals surface area contributed by atoms with E-state index in [9.17, 15) is 19.5 Å². The summed E-state index contributed by atoms with van der Waals surface area (Å²) in [6.45, 7) is 0. The van der Waals surface area contributed by atoms with E-state index in [4.69, 9.17) is 10.2 Å². The van der Waals surface area contributed by atoms with E-state index in [1.54, 1.807) is 9.47 Å². The zero-order valence-electron chi connectivity index (χ0n) is 6.97.